The average Bonchev–Trinajstić information content (AvgIpc) is 2.80. The van der Waals surface area contributed by atoms with Gasteiger partial charge in [0.1, 0.15) is 0 Å². The molecule has 0 bridgehead atoms. The van der Waals surface area contributed by atoms with Gasteiger partial charge < -0.3 is 9.80 Å². The Labute approximate surface area is 176 Å². The molecule has 1 N–H and O–H groups in total. The van der Waals surface area contributed by atoms with Crippen LogP contribution in [0.4, 0.5) is 5.69 Å². The molecule has 0 unspecified atom stereocenters. The Morgan fingerprint density at radius 2 is 1.28 bits per heavy atom. The van der Waals surface area contributed by atoms with E-state index in [1.807, 2.05) is 48.5 Å². The zero-order valence-electron chi connectivity index (χ0n) is 16.1. The van der Waals surface area contributed by atoms with Crippen molar-refractivity contribution in [2.24, 2.45) is 0 Å². The number of piperazine rings is 1. The van der Waals surface area contributed by atoms with E-state index in [0.717, 1.165) is 37.3 Å². The summed E-state index contributed by atoms with van der Waals surface area (Å²) in [5.41, 5.74) is 4.04. The van der Waals surface area contributed by atoms with Crippen LogP contribution >= 0.6 is 12.2 Å². The summed E-state index contributed by atoms with van der Waals surface area (Å²) >= 11 is 5.48. The summed E-state index contributed by atoms with van der Waals surface area (Å²) in [4.78, 5) is 17.0. The molecule has 29 heavy (non-hydrogen) atoms. The fourth-order valence-electron chi connectivity index (χ4n) is 3.50. The highest BCUT2D eigenvalue weighted by Crippen LogP contribution is 2.19. The second-order valence-corrected chi connectivity index (χ2v) is 7.40. The van der Waals surface area contributed by atoms with Gasteiger partial charge in [-0.25, -0.2) is 0 Å². The van der Waals surface area contributed by atoms with Crippen LogP contribution in [-0.2, 0) is 0 Å². The van der Waals surface area contributed by atoms with Crippen LogP contribution in [0, 0.1) is 0 Å². The molecule has 0 spiro atoms. The van der Waals surface area contributed by atoms with Crippen molar-refractivity contribution in [1.29, 1.82) is 0 Å². The van der Waals surface area contributed by atoms with Crippen molar-refractivity contribution in [3.05, 3.63) is 90.5 Å². The maximum absolute atomic E-state index is 12.6. The van der Waals surface area contributed by atoms with Gasteiger partial charge in [0, 0.05) is 37.4 Å². The molecule has 1 aliphatic rings. The predicted octanol–water partition coefficient (Wildman–Crippen LogP) is 4.19. The molecule has 3 aromatic rings. The molecule has 3 aromatic carbocycles. The van der Waals surface area contributed by atoms with E-state index in [0.29, 0.717) is 10.7 Å². The number of anilines is 1. The van der Waals surface area contributed by atoms with Crippen LogP contribution in [0.25, 0.3) is 11.1 Å². The number of carbonyl (C=O) groups is 1. The van der Waals surface area contributed by atoms with Crippen molar-refractivity contribution < 1.29 is 4.79 Å². The molecular weight excluding hydrogens is 378 g/mol. The van der Waals surface area contributed by atoms with E-state index in [1.165, 1.54) is 5.69 Å². The Morgan fingerprint density at radius 1 is 0.724 bits per heavy atom. The summed E-state index contributed by atoms with van der Waals surface area (Å²) < 4.78 is 0. The first kappa shape index (κ1) is 19.2. The van der Waals surface area contributed by atoms with Crippen LogP contribution in [0.15, 0.2) is 84.9 Å². The number of hydrogen-bond acceptors (Lipinski definition) is 3. The molecule has 5 heteroatoms. The monoisotopic (exact) mass is 401 g/mol. The van der Waals surface area contributed by atoms with Gasteiger partial charge in [0.05, 0.1) is 0 Å². The number of benzene rings is 3. The molecule has 1 fully saturated rings. The van der Waals surface area contributed by atoms with Gasteiger partial charge in [-0.05, 0) is 47.6 Å². The maximum atomic E-state index is 12.6. The number of hydrogen-bond donors (Lipinski definition) is 1. The summed E-state index contributed by atoms with van der Waals surface area (Å²) in [7, 11) is 0. The lowest BCUT2D eigenvalue weighted by Gasteiger charge is -2.37. The van der Waals surface area contributed by atoms with E-state index in [1.54, 1.807) is 0 Å². The van der Waals surface area contributed by atoms with Gasteiger partial charge in [0.2, 0.25) is 0 Å². The third kappa shape index (κ3) is 4.63. The third-order valence-corrected chi connectivity index (χ3v) is 5.52. The molecule has 1 amide bonds. The standard InChI is InChI=1S/C24H23N3OS/c28-23(21-13-11-20(12-14-21)19-7-3-1-4-8-19)25-24(29)27-17-15-26(16-18-27)22-9-5-2-6-10-22/h1-14H,15-18H2,(H,25,28,29). The topological polar surface area (TPSA) is 35.6 Å². The van der Waals surface area contributed by atoms with Crippen molar-refractivity contribution in [2.75, 3.05) is 31.1 Å². The van der Waals surface area contributed by atoms with Gasteiger partial charge in [0.15, 0.2) is 5.11 Å². The Bertz CT molecular complexity index is 966. The first-order chi connectivity index (χ1) is 14.2. The van der Waals surface area contributed by atoms with Crippen LogP contribution in [0.2, 0.25) is 0 Å². The summed E-state index contributed by atoms with van der Waals surface area (Å²) in [6, 6.07) is 28.1. The normalized spacial score (nSPS) is 13.8. The second kappa shape index (κ2) is 8.88. The number of nitrogens with one attached hydrogen (secondary N) is 1. The molecule has 4 nitrogen and oxygen atoms in total. The van der Waals surface area contributed by atoms with Gasteiger partial charge in [-0.2, -0.15) is 0 Å². The molecule has 0 radical (unpaired) electrons. The summed E-state index contributed by atoms with van der Waals surface area (Å²) in [6.07, 6.45) is 0. The number of thiocarbonyl (C=S) groups is 1. The molecular formula is C24H23N3OS. The number of para-hydroxylation sites is 1. The SMILES string of the molecule is O=C(NC(=S)N1CCN(c2ccccc2)CC1)c1ccc(-c2ccccc2)cc1. The Kier molecular flexibility index (Phi) is 5.86. The Morgan fingerprint density at radius 3 is 1.90 bits per heavy atom. The summed E-state index contributed by atoms with van der Waals surface area (Å²) in [5.74, 6) is -0.167. The van der Waals surface area contributed by atoms with Gasteiger partial charge in [-0.1, -0.05) is 60.7 Å². The minimum atomic E-state index is -0.167. The van der Waals surface area contributed by atoms with Crippen molar-refractivity contribution >= 4 is 28.9 Å². The highest BCUT2D eigenvalue weighted by Gasteiger charge is 2.20. The average molecular weight is 402 g/mol. The van der Waals surface area contributed by atoms with E-state index < -0.39 is 0 Å². The van der Waals surface area contributed by atoms with Crippen LogP contribution in [0.1, 0.15) is 10.4 Å². The van der Waals surface area contributed by atoms with Crippen molar-refractivity contribution in [2.45, 2.75) is 0 Å². The van der Waals surface area contributed by atoms with Gasteiger partial charge >= 0.3 is 0 Å². The number of rotatable bonds is 3. The Balaban J connectivity index is 1.32. The van der Waals surface area contributed by atoms with E-state index in [9.17, 15) is 4.79 Å². The van der Waals surface area contributed by atoms with Crippen molar-refractivity contribution in [3.63, 3.8) is 0 Å². The fraction of sp³-hybridized carbons (Fsp3) is 0.167. The highest BCUT2D eigenvalue weighted by atomic mass is 32.1. The Hall–Kier alpha value is -3.18. The predicted molar refractivity (Wildman–Crippen MR) is 122 cm³/mol. The van der Waals surface area contributed by atoms with Crippen LogP contribution in [-0.4, -0.2) is 42.1 Å². The molecule has 0 aromatic heterocycles. The zero-order chi connectivity index (χ0) is 20.1. The van der Waals surface area contributed by atoms with Gasteiger partial charge in [-0.3, -0.25) is 10.1 Å². The zero-order valence-corrected chi connectivity index (χ0v) is 16.9. The lowest BCUT2D eigenvalue weighted by atomic mass is 10.0. The van der Waals surface area contributed by atoms with Crippen LogP contribution in [0.5, 0.6) is 0 Å². The molecule has 0 saturated carbocycles. The first-order valence-corrected chi connectivity index (χ1v) is 10.2. The number of amides is 1. The summed E-state index contributed by atoms with van der Waals surface area (Å²) in [6.45, 7) is 3.35. The highest BCUT2D eigenvalue weighted by molar-refractivity contribution is 7.80. The minimum Gasteiger partial charge on any atom is -0.368 e. The molecule has 0 aliphatic carbocycles. The third-order valence-electron chi connectivity index (χ3n) is 5.16. The largest absolute Gasteiger partial charge is 0.368 e. The van der Waals surface area contributed by atoms with Crippen molar-refractivity contribution in [3.8, 4) is 11.1 Å². The minimum absolute atomic E-state index is 0.167. The van der Waals surface area contributed by atoms with Crippen LogP contribution < -0.4 is 10.2 Å². The van der Waals surface area contributed by atoms with E-state index in [4.69, 9.17) is 12.2 Å². The first-order valence-electron chi connectivity index (χ1n) is 9.76. The lowest BCUT2D eigenvalue weighted by molar-refractivity contribution is 0.0973. The molecule has 4 rings (SSSR count). The molecule has 1 saturated heterocycles. The number of carbonyl (C=O) groups excluding carboxylic acids is 1. The molecule has 1 aliphatic heterocycles. The van der Waals surface area contributed by atoms with Gasteiger partial charge in [0.25, 0.3) is 5.91 Å². The van der Waals surface area contributed by atoms with Crippen molar-refractivity contribution in [1.82, 2.24) is 10.2 Å². The van der Waals surface area contributed by atoms with Gasteiger partial charge in [-0.15, -0.1) is 0 Å². The number of nitrogens with zero attached hydrogens (tertiary/aromatic N) is 2. The fourth-order valence-corrected chi connectivity index (χ4v) is 3.77. The lowest BCUT2D eigenvalue weighted by Crippen LogP contribution is -2.52. The smallest absolute Gasteiger partial charge is 0.257 e. The van der Waals surface area contributed by atoms with E-state index >= 15 is 0 Å². The quantitative estimate of drug-likeness (QED) is 0.668. The second-order valence-electron chi connectivity index (χ2n) is 7.01. The molecule has 1 heterocycles. The molecule has 0 atom stereocenters. The van der Waals surface area contributed by atoms with E-state index in [-0.39, 0.29) is 5.91 Å². The van der Waals surface area contributed by atoms with E-state index in [2.05, 4.69) is 51.5 Å². The maximum Gasteiger partial charge on any atom is 0.257 e. The summed E-state index contributed by atoms with van der Waals surface area (Å²) in [5, 5.41) is 3.37. The van der Waals surface area contributed by atoms with Crippen LogP contribution in [0.3, 0.4) is 0 Å². The molecule has 146 valence electrons.